The van der Waals surface area contributed by atoms with Crippen molar-refractivity contribution in [1.29, 1.82) is 0 Å². The van der Waals surface area contributed by atoms with Crippen molar-refractivity contribution in [1.82, 2.24) is 9.80 Å². The van der Waals surface area contributed by atoms with Crippen molar-refractivity contribution in [3.63, 3.8) is 0 Å². The van der Waals surface area contributed by atoms with E-state index in [0.29, 0.717) is 38.5 Å². The molecule has 1 aliphatic carbocycles. The minimum atomic E-state index is -0.825. The number of carboxylic acids is 1. The summed E-state index contributed by atoms with van der Waals surface area (Å²) in [5, 5.41) is 9.16. The third-order valence-corrected chi connectivity index (χ3v) is 5.61. The van der Waals surface area contributed by atoms with Gasteiger partial charge in [-0.05, 0) is 25.7 Å². The quantitative estimate of drug-likeness (QED) is 0.854. The minimum Gasteiger partial charge on any atom is -0.481 e. The van der Waals surface area contributed by atoms with Gasteiger partial charge in [-0.2, -0.15) is 0 Å². The molecule has 0 unspecified atom stereocenters. The molecule has 23 heavy (non-hydrogen) atoms. The number of piperidine rings is 1. The third kappa shape index (κ3) is 3.51. The van der Waals surface area contributed by atoms with E-state index in [1.807, 2.05) is 4.90 Å². The Morgan fingerprint density at radius 1 is 0.957 bits per heavy atom. The fourth-order valence-corrected chi connectivity index (χ4v) is 4.28. The smallest absolute Gasteiger partial charge is 0.308 e. The number of nitrogens with zero attached hydrogens (tertiary/aromatic N) is 2. The van der Waals surface area contributed by atoms with Gasteiger partial charge in [0.15, 0.2) is 0 Å². The fraction of sp³-hybridized carbons (Fsp3) is 0.824. The standard InChI is InChI=1S/C17H26N2O4/c20-15-9-13(11-19(15)14-6-2-1-3-7-14)16(21)18-8-4-5-12(10-18)17(22)23/h12-14H,1-11H2,(H,22,23)/t12-,13+/m1/s1. The lowest BCUT2D eigenvalue weighted by atomic mass is 9.94. The van der Waals surface area contributed by atoms with Crippen LogP contribution >= 0.6 is 0 Å². The molecule has 1 N–H and O–H groups in total. The van der Waals surface area contributed by atoms with Crippen LogP contribution in [-0.4, -0.2) is 58.4 Å². The van der Waals surface area contributed by atoms with Gasteiger partial charge in [0.1, 0.15) is 0 Å². The number of rotatable bonds is 3. The summed E-state index contributed by atoms with van der Waals surface area (Å²) in [5.74, 6) is -1.49. The van der Waals surface area contributed by atoms with Gasteiger partial charge in [0, 0.05) is 32.1 Å². The maximum absolute atomic E-state index is 12.7. The number of hydrogen-bond donors (Lipinski definition) is 1. The predicted octanol–water partition coefficient (Wildman–Crippen LogP) is 1.49. The van der Waals surface area contributed by atoms with E-state index >= 15 is 0 Å². The van der Waals surface area contributed by atoms with E-state index in [1.165, 1.54) is 19.3 Å². The van der Waals surface area contributed by atoms with Gasteiger partial charge >= 0.3 is 5.97 Å². The van der Waals surface area contributed by atoms with Gasteiger partial charge in [0.25, 0.3) is 0 Å². The van der Waals surface area contributed by atoms with E-state index in [1.54, 1.807) is 4.90 Å². The summed E-state index contributed by atoms with van der Waals surface area (Å²) in [6.45, 7) is 1.44. The fourth-order valence-electron chi connectivity index (χ4n) is 4.28. The van der Waals surface area contributed by atoms with E-state index in [0.717, 1.165) is 19.3 Å². The highest BCUT2D eigenvalue weighted by molar-refractivity contribution is 5.89. The third-order valence-electron chi connectivity index (χ3n) is 5.61. The second-order valence-electron chi connectivity index (χ2n) is 7.20. The van der Waals surface area contributed by atoms with Gasteiger partial charge in [0.05, 0.1) is 11.8 Å². The summed E-state index contributed by atoms with van der Waals surface area (Å²) in [7, 11) is 0. The number of likely N-dealkylation sites (tertiary alicyclic amines) is 2. The van der Waals surface area contributed by atoms with Crippen molar-refractivity contribution in [2.24, 2.45) is 11.8 Å². The van der Waals surface area contributed by atoms with Crippen molar-refractivity contribution >= 4 is 17.8 Å². The first-order valence-corrected chi connectivity index (χ1v) is 8.87. The Morgan fingerprint density at radius 3 is 2.39 bits per heavy atom. The van der Waals surface area contributed by atoms with Crippen LogP contribution in [0.3, 0.4) is 0 Å². The zero-order valence-electron chi connectivity index (χ0n) is 13.6. The average molecular weight is 322 g/mol. The summed E-state index contributed by atoms with van der Waals surface area (Å²) in [6.07, 6.45) is 7.34. The molecule has 3 rings (SSSR count). The van der Waals surface area contributed by atoms with Gasteiger partial charge in [0.2, 0.25) is 11.8 Å². The number of carbonyl (C=O) groups is 3. The number of carbonyl (C=O) groups excluding carboxylic acids is 2. The van der Waals surface area contributed by atoms with Crippen LogP contribution in [0.1, 0.15) is 51.4 Å². The Hall–Kier alpha value is -1.59. The topological polar surface area (TPSA) is 77.9 Å². The Balaban J connectivity index is 1.60. The second kappa shape index (κ2) is 6.89. The van der Waals surface area contributed by atoms with Crippen molar-refractivity contribution in [2.75, 3.05) is 19.6 Å². The van der Waals surface area contributed by atoms with Crippen molar-refractivity contribution in [3.8, 4) is 0 Å². The van der Waals surface area contributed by atoms with Crippen molar-refractivity contribution in [3.05, 3.63) is 0 Å². The van der Waals surface area contributed by atoms with E-state index in [4.69, 9.17) is 5.11 Å². The van der Waals surface area contributed by atoms with Crippen LogP contribution in [-0.2, 0) is 14.4 Å². The van der Waals surface area contributed by atoms with E-state index in [-0.39, 0.29) is 17.7 Å². The van der Waals surface area contributed by atoms with Crippen molar-refractivity contribution < 1.29 is 19.5 Å². The first kappa shape index (κ1) is 16.3. The Labute approximate surface area is 136 Å². The molecular weight excluding hydrogens is 296 g/mol. The average Bonchev–Trinajstić information content (AvgIpc) is 2.97. The molecule has 3 fully saturated rings. The van der Waals surface area contributed by atoms with Crippen LogP contribution in [0.2, 0.25) is 0 Å². The molecule has 3 aliphatic rings. The molecule has 1 saturated carbocycles. The molecule has 0 aromatic rings. The molecule has 6 nitrogen and oxygen atoms in total. The SMILES string of the molecule is O=C(O)[C@@H]1CCCN(C(=O)[C@H]2CC(=O)N(C3CCCCC3)C2)C1. The van der Waals surface area contributed by atoms with Crippen LogP contribution in [0.15, 0.2) is 0 Å². The van der Waals surface area contributed by atoms with E-state index in [2.05, 4.69) is 0 Å². The monoisotopic (exact) mass is 322 g/mol. The van der Waals surface area contributed by atoms with Crippen LogP contribution < -0.4 is 0 Å². The molecule has 0 bridgehead atoms. The summed E-state index contributed by atoms with van der Waals surface area (Å²) in [6, 6.07) is 0.308. The molecule has 6 heteroatoms. The second-order valence-corrected chi connectivity index (χ2v) is 7.20. The number of amides is 2. The molecule has 2 atom stereocenters. The molecular formula is C17H26N2O4. The molecule has 2 aliphatic heterocycles. The lowest BCUT2D eigenvalue weighted by Gasteiger charge is -2.33. The molecule has 2 amide bonds. The highest BCUT2D eigenvalue weighted by Crippen LogP contribution is 2.30. The first-order valence-electron chi connectivity index (χ1n) is 8.87. The van der Waals surface area contributed by atoms with Crippen LogP contribution in [0.5, 0.6) is 0 Å². The van der Waals surface area contributed by atoms with E-state index < -0.39 is 11.9 Å². The zero-order valence-corrected chi connectivity index (χ0v) is 13.6. The zero-order chi connectivity index (χ0) is 16.4. The highest BCUT2D eigenvalue weighted by Gasteiger charge is 2.40. The number of hydrogen-bond acceptors (Lipinski definition) is 3. The maximum atomic E-state index is 12.7. The normalized spacial score (nSPS) is 29.8. The van der Waals surface area contributed by atoms with Gasteiger partial charge in [-0.25, -0.2) is 0 Å². The van der Waals surface area contributed by atoms with Gasteiger partial charge in [-0.1, -0.05) is 19.3 Å². The molecule has 2 heterocycles. The number of carboxylic acid groups (broad SMARTS) is 1. The van der Waals surface area contributed by atoms with Gasteiger partial charge in [-0.3, -0.25) is 14.4 Å². The largest absolute Gasteiger partial charge is 0.481 e. The predicted molar refractivity (Wildman–Crippen MR) is 83.6 cm³/mol. The Kier molecular flexibility index (Phi) is 4.87. The molecule has 0 radical (unpaired) electrons. The summed E-state index contributed by atoms with van der Waals surface area (Å²) in [4.78, 5) is 39.7. The van der Waals surface area contributed by atoms with Crippen LogP contribution in [0.25, 0.3) is 0 Å². The minimum absolute atomic E-state index is 0.0254. The maximum Gasteiger partial charge on any atom is 0.308 e. The van der Waals surface area contributed by atoms with Gasteiger partial charge in [-0.15, -0.1) is 0 Å². The Morgan fingerprint density at radius 2 is 1.70 bits per heavy atom. The molecule has 128 valence electrons. The summed E-state index contributed by atoms with van der Waals surface area (Å²) >= 11 is 0. The molecule has 2 saturated heterocycles. The van der Waals surface area contributed by atoms with Crippen LogP contribution in [0.4, 0.5) is 0 Å². The summed E-state index contributed by atoms with van der Waals surface area (Å²) in [5.41, 5.74) is 0. The van der Waals surface area contributed by atoms with Crippen LogP contribution in [0, 0.1) is 11.8 Å². The highest BCUT2D eigenvalue weighted by atomic mass is 16.4. The molecule has 0 aromatic heterocycles. The molecule has 0 aromatic carbocycles. The Bertz CT molecular complexity index is 487. The summed E-state index contributed by atoms with van der Waals surface area (Å²) < 4.78 is 0. The lowest BCUT2D eigenvalue weighted by Crippen LogP contribution is -2.45. The van der Waals surface area contributed by atoms with Gasteiger partial charge < -0.3 is 14.9 Å². The number of aliphatic carboxylic acids is 1. The lowest BCUT2D eigenvalue weighted by molar-refractivity contribution is -0.146. The molecule has 0 spiro atoms. The van der Waals surface area contributed by atoms with Crippen molar-refractivity contribution in [2.45, 2.75) is 57.4 Å². The van der Waals surface area contributed by atoms with E-state index in [9.17, 15) is 14.4 Å². The first-order chi connectivity index (χ1) is 11.1.